The lowest BCUT2D eigenvalue weighted by Crippen LogP contribution is -2.29. The molecule has 124 valence electrons. The number of carbonyl (C=O) groups excluding carboxylic acids is 1. The number of nitrogens with zero attached hydrogens (tertiary/aromatic N) is 3. The van der Waals surface area contributed by atoms with Crippen LogP contribution in [0.25, 0.3) is 0 Å². The second-order valence-electron chi connectivity index (χ2n) is 5.01. The van der Waals surface area contributed by atoms with Crippen LogP contribution in [0.1, 0.15) is 17.8 Å². The SMILES string of the molecule is COCCCn1cnnc1CNC(=O)Nc1cccc(F)c1C. The van der Waals surface area contributed by atoms with Gasteiger partial charge in [0.15, 0.2) is 5.82 Å². The minimum absolute atomic E-state index is 0.229. The van der Waals surface area contributed by atoms with Crippen LogP contribution < -0.4 is 10.6 Å². The van der Waals surface area contributed by atoms with Gasteiger partial charge < -0.3 is 19.9 Å². The monoisotopic (exact) mass is 321 g/mol. The lowest BCUT2D eigenvalue weighted by molar-refractivity contribution is 0.190. The number of ether oxygens (including phenoxy) is 1. The summed E-state index contributed by atoms with van der Waals surface area (Å²) < 4.78 is 20.3. The van der Waals surface area contributed by atoms with Crippen molar-refractivity contribution in [2.24, 2.45) is 0 Å². The van der Waals surface area contributed by atoms with Gasteiger partial charge in [-0.25, -0.2) is 9.18 Å². The van der Waals surface area contributed by atoms with E-state index >= 15 is 0 Å². The van der Waals surface area contributed by atoms with Gasteiger partial charge in [0.05, 0.1) is 6.54 Å². The fraction of sp³-hybridized carbons (Fsp3) is 0.400. The van der Waals surface area contributed by atoms with Crippen molar-refractivity contribution in [2.45, 2.75) is 26.4 Å². The normalized spacial score (nSPS) is 10.6. The molecule has 1 heterocycles. The summed E-state index contributed by atoms with van der Waals surface area (Å²) in [4.78, 5) is 11.9. The number of anilines is 1. The highest BCUT2D eigenvalue weighted by Crippen LogP contribution is 2.17. The van der Waals surface area contributed by atoms with Crippen LogP contribution in [-0.2, 0) is 17.8 Å². The van der Waals surface area contributed by atoms with Gasteiger partial charge in [-0.15, -0.1) is 10.2 Å². The van der Waals surface area contributed by atoms with Gasteiger partial charge in [-0.3, -0.25) is 0 Å². The Hall–Kier alpha value is -2.48. The van der Waals surface area contributed by atoms with Crippen LogP contribution in [-0.4, -0.2) is 34.5 Å². The number of aryl methyl sites for hydroxylation is 1. The van der Waals surface area contributed by atoms with Crippen LogP contribution in [0.15, 0.2) is 24.5 Å². The molecule has 0 aliphatic heterocycles. The zero-order valence-corrected chi connectivity index (χ0v) is 13.2. The quantitative estimate of drug-likeness (QED) is 0.765. The van der Waals surface area contributed by atoms with Crippen molar-refractivity contribution >= 4 is 11.7 Å². The average molecular weight is 321 g/mol. The number of methoxy groups -OCH3 is 1. The Bertz CT molecular complexity index is 659. The maximum Gasteiger partial charge on any atom is 0.319 e. The molecule has 0 saturated carbocycles. The third-order valence-corrected chi connectivity index (χ3v) is 3.37. The van der Waals surface area contributed by atoms with Crippen molar-refractivity contribution in [1.29, 1.82) is 0 Å². The van der Waals surface area contributed by atoms with Gasteiger partial charge in [0.2, 0.25) is 0 Å². The van der Waals surface area contributed by atoms with Crippen LogP contribution in [0.2, 0.25) is 0 Å². The Kier molecular flexibility index (Phi) is 6.04. The number of hydrogen-bond donors (Lipinski definition) is 2. The van der Waals surface area contributed by atoms with E-state index in [9.17, 15) is 9.18 Å². The fourth-order valence-corrected chi connectivity index (χ4v) is 2.05. The van der Waals surface area contributed by atoms with Crippen LogP contribution in [0, 0.1) is 12.7 Å². The molecule has 1 aromatic heterocycles. The van der Waals surface area contributed by atoms with Gasteiger partial charge in [-0.2, -0.15) is 0 Å². The molecular formula is C15H20FN5O2. The van der Waals surface area contributed by atoms with Gasteiger partial charge in [-0.05, 0) is 25.5 Å². The molecule has 2 amide bonds. The molecule has 0 atom stereocenters. The first-order chi connectivity index (χ1) is 11.1. The summed E-state index contributed by atoms with van der Waals surface area (Å²) in [6.45, 7) is 3.19. The Morgan fingerprint density at radius 2 is 2.26 bits per heavy atom. The highest BCUT2D eigenvalue weighted by molar-refractivity contribution is 5.89. The molecular weight excluding hydrogens is 301 g/mol. The Balaban J connectivity index is 1.87. The standard InChI is InChI=1S/C15H20FN5O2/c1-11-12(16)5-3-6-13(11)19-15(22)17-9-14-20-18-10-21(14)7-4-8-23-2/h3,5-6,10H,4,7-9H2,1-2H3,(H2,17,19,22). The third kappa shape index (κ3) is 4.75. The van der Waals surface area contributed by atoms with Crippen molar-refractivity contribution < 1.29 is 13.9 Å². The molecule has 0 spiro atoms. The summed E-state index contributed by atoms with van der Waals surface area (Å²) >= 11 is 0. The minimum atomic E-state index is -0.426. The van der Waals surface area contributed by atoms with Gasteiger partial charge in [0.1, 0.15) is 12.1 Å². The predicted octanol–water partition coefficient (Wildman–Crippen LogP) is 2.08. The molecule has 0 unspecified atom stereocenters. The van der Waals surface area contributed by atoms with E-state index in [4.69, 9.17) is 4.74 Å². The molecule has 0 aliphatic carbocycles. The van der Waals surface area contributed by atoms with Crippen LogP contribution >= 0.6 is 0 Å². The van der Waals surface area contributed by atoms with Gasteiger partial charge in [0, 0.05) is 31.5 Å². The molecule has 0 bridgehead atoms. The third-order valence-electron chi connectivity index (χ3n) is 3.37. The first kappa shape index (κ1) is 16.9. The maximum atomic E-state index is 13.4. The van der Waals surface area contributed by atoms with Crippen LogP contribution in [0.3, 0.4) is 0 Å². The molecule has 23 heavy (non-hydrogen) atoms. The number of rotatable bonds is 7. The molecule has 0 aliphatic rings. The number of carbonyl (C=O) groups is 1. The molecule has 7 nitrogen and oxygen atoms in total. The predicted molar refractivity (Wildman–Crippen MR) is 83.5 cm³/mol. The number of halogens is 1. The van der Waals surface area contributed by atoms with Crippen molar-refractivity contribution in [3.8, 4) is 0 Å². The van der Waals surface area contributed by atoms with Crippen molar-refractivity contribution in [3.63, 3.8) is 0 Å². The zero-order chi connectivity index (χ0) is 16.7. The smallest absolute Gasteiger partial charge is 0.319 e. The van der Waals surface area contributed by atoms with E-state index in [1.165, 1.54) is 6.07 Å². The van der Waals surface area contributed by atoms with Gasteiger partial charge >= 0.3 is 6.03 Å². The van der Waals surface area contributed by atoms with E-state index in [1.54, 1.807) is 32.5 Å². The van der Waals surface area contributed by atoms with Crippen molar-refractivity contribution in [2.75, 3.05) is 19.0 Å². The molecule has 0 saturated heterocycles. The summed E-state index contributed by atoms with van der Waals surface area (Å²) in [5, 5.41) is 13.1. The largest absolute Gasteiger partial charge is 0.385 e. The van der Waals surface area contributed by atoms with Crippen LogP contribution in [0.5, 0.6) is 0 Å². The van der Waals surface area contributed by atoms with E-state index in [0.29, 0.717) is 30.2 Å². The van der Waals surface area contributed by atoms with E-state index < -0.39 is 6.03 Å². The zero-order valence-electron chi connectivity index (χ0n) is 13.2. The molecule has 0 fully saturated rings. The number of urea groups is 1. The molecule has 2 aromatic rings. The molecule has 1 aromatic carbocycles. The topological polar surface area (TPSA) is 81.1 Å². The Labute approximate surface area is 133 Å². The van der Waals surface area contributed by atoms with Crippen molar-refractivity contribution in [1.82, 2.24) is 20.1 Å². The Morgan fingerprint density at radius 3 is 3.04 bits per heavy atom. The number of benzene rings is 1. The minimum Gasteiger partial charge on any atom is -0.385 e. The lowest BCUT2D eigenvalue weighted by atomic mass is 10.2. The number of hydrogen-bond acceptors (Lipinski definition) is 4. The highest BCUT2D eigenvalue weighted by Gasteiger charge is 2.09. The first-order valence-corrected chi connectivity index (χ1v) is 7.27. The molecule has 2 N–H and O–H groups in total. The second kappa shape index (κ2) is 8.23. The van der Waals surface area contributed by atoms with E-state index in [0.717, 1.165) is 6.42 Å². The molecule has 2 rings (SSSR count). The van der Waals surface area contributed by atoms with Gasteiger partial charge in [-0.1, -0.05) is 6.07 Å². The highest BCUT2D eigenvalue weighted by atomic mass is 19.1. The summed E-state index contributed by atoms with van der Waals surface area (Å²) in [5.41, 5.74) is 0.828. The summed E-state index contributed by atoms with van der Waals surface area (Å²) in [6.07, 6.45) is 2.44. The molecule has 8 heteroatoms. The number of amides is 2. The van der Waals surface area contributed by atoms with E-state index in [2.05, 4.69) is 20.8 Å². The Morgan fingerprint density at radius 1 is 1.43 bits per heavy atom. The average Bonchev–Trinajstić information content (AvgIpc) is 2.98. The van der Waals surface area contributed by atoms with Gasteiger partial charge in [0.25, 0.3) is 0 Å². The summed E-state index contributed by atoms with van der Waals surface area (Å²) in [5.74, 6) is 0.285. The van der Waals surface area contributed by atoms with E-state index in [-0.39, 0.29) is 12.4 Å². The first-order valence-electron chi connectivity index (χ1n) is 7.27. The lowest BCUT2D eigenvalue weighted by Gasteiger charge is -2.11. The molecule has 0 radical (unpaired) electrons. The number of nitrogens with one attached hydrogen (secondary N) is 2. The maximum absolute atomic E-state index is 13.4. The van der Waals surface area contributed by atoms with Crippen molar-refractivity contribution in [3.05, 3.63) is 41.7 Å². The summed E-state index contributed by atoms with van der Waals surface area (Å²) in [6, 6.07) is 4.11. The second-order valence-corrected chi connectivity index (χ2v) is 5.01. The van der Waals surface area contributed by atoms with E-state index in [1.807, 2.05) is 4.57 Å². The summed E-state index contributed by atoms with van der Waals surface area (Å²) in [7, 11) is 1.65. The fourth-order valence-electron chi connectivity index (χ4n) is 2.05. The number of aromatic nitrogens is 3. The van der Waals surface area contributed by atoms with Crippen LogP contribution in [0.4, 0.5) is 14.9 Å².